The van der Waals surface area contributed by atoms with Crippen LogP contribution in [-0.2, 0) is 11.3 Å². The van der Waals surface area contributed by atoms with Gasteiger partial charge >= 0.3 is 5.82 Å². The Morgan fingerprint density at radius 1 is 1.72 bits per heavy atom. The fraction of sp³-hybridized carbons (Fsp3) is 0.600. The second-order valence-electron chi connectivity index (χ2n) is 4.25. The van der Waals surface area contributed by atoms with Crippen molar-refractivity contribution in [2.45, 2.75) is 32.4 Å². The quantitative estimate of drug-likeness (QED) is 0.552. The van der Waals surface area contributed by atoms with Gasteiger partial charge in [-0.1, -0.05) is 6.92 Å². The van der Waals surface area contributed by atoms with Gasteiger partial charge in [0.1, 0.15) is 6.54 Å². The van der Waals surface area contributed by atoms with Crippen molar-refractivity contribution in [2.24, 2.45) is 0 Å². The molecule has 1 unspecified atom stereocenters. The van der Waals surface area contributed by atoms with Gasteiger partial charge in [0.25, 0.3) is 0 Å². The lowest BCUT2D eigenvalue weighted by Crippen LogP contribution is -2.49. The van der Waals surface area contributed by atoms with Crippen molar-refractivity contribution in [3.63, 3.8) is 0 Å². The molecule has 0 spiro atoms. The molecular weight excluding hydrogens is 240 g/mol. The topological polar surface area (TPSA) is 110 Å². The standard InChI is InChI=1S/C10H16N4O4/c1-3-10(2,7-15)11-9(16)6-13-5-4-8(12-13)14(17)18/h4-5,15H,3,6-7H2,1-2H3,(H,11,16). The summed E-state index contributed by atoms with van der Waals surface area (Å²) >= 11 is 0. The molecule has 1 amide bonds. The zero-order valence-corrected chi connectivity index (χ0v) is 10.3. The summed E-state index contributed by atoms with van der Waals surface area (Å²) in [7, 11) is 0. The van der Waals surface area contributed by atoms with Crippen molar-refractivity contribution in [3.05, 3.63) is 22.4 Å². The van der Waals surface area contributed by atoms with E-state index in [4.69, 9.17) is 5.11 Å². The maximum absolute atomic E-state index is 11.7. The van der Waals surface area contributed by atoms with Gasteiger partial charge < -0.3 is 20.5 Å². The molecule has 18 heavy (non-hydrogen) atoms. The Kier molecular flexibility index (Phi) is 4.38. The number of aromatic nitrogens is 2. The third-order valence-electron chi connectivity index (χ3n) is 2.69. The number of nitrogens with zero attached hydrogens (tertiary/aromatic N) is 3. The van der Waals surface area contributed by atoms with E-state index in [9.17, 15) is 14.9 Å². The molecule has 0 saturated carbocycles. The van der Waals surface area contributed by atoms with Gasteiger partial charge in [0, 0.05) is 0 Å². The highest BCUT2D eigenvalue weighted by atomic mass is 16.6. The number of aliphatic hydroxyl groups is 1. The highest BCUT2D eigenvalue weighted by molar-refractivity contribution is 5.76. The van der Waals surface area contributed by atoms with Crippen LogP contribution in [0.15, 0.2) is 12.3 Å². The molecule has 0 aromatic carbocycles. The summed E-state index contributed by atoms with van der Waals surface area (Å²) in [5.74, 6) is -0.658. The number of carbonyl (C=O) groups excluding carboxylic acids is 1. The molecule has 0 bridgehead atoms. The number of carbonyl (C=O) groups is 1. The number of amides is 1. The first kappa shape index (κ1) is 14.1. The molecule has 0 fully saturated rings. The van der Waals surface area contributed by atoms with E-state index in [0.29, 0.717) is 6.42 Å². The van der Waals surface area contributed by atoms with Crippen LogP contribution in [0.3, 0.4) is 0 Å². The molecule has 100 valence electrons. The summed E-state index contributed by atoms with van der Waals surface area (Å²) in [5, 5.41) is 25.9. The van der Waals surface area contributed by atoms with Crippen LogP contribution in [0.5, 0.6) is 0 Å². The van der Waals surface area contributed by atoms with Crippen LogP contribution in [0.2, 0.25) is 0 Å². The Hall–Kier alpha value is -1.96. The largest absolute Gasteiger partial charge is 0.394 e. The summed E-state index contributed by atoms with van der Waals surface area (Å²) in [6.07, 6.45) is 1.94. The normalized spacial score (nSPS) is 13.9. The van der Waals surface area contributed by atoms with Crippen LogP contribution in [0.25, 0.3) is 0 Å². The summed E-state index contributed by atoms with van der Waals surface area (Å²) in [6.45, 7) is 3.27. The minimum atomic E-state index is -0.684. The molecular formula is C10H16N4O4. The first-order valence-electron chi connectivity index (χ1n) is 5.50. The number of rotatable bonds is 6. The lowest BCUT2D eigenvalue weighted by molar-refractivity contribution is -0.389. The van der Waals surface area contributed by atoms with E-state index in [0.717, 1.165) is 0 Å². The second kappa shape index (κ2) is 5.58. The third-order valence-corrected chi connectivity index (χ3v) is 2.69. The Morgan fingerprint density at radius 2 is 2.39 bits per heavy atom. The van der Waals surface area contributed by atoms with E-state index >= 15 is 0 Å². The fourth-order valence-corrected chi connectivity index (χ4v) is 1.30. The molecule has 1 aromatic rings. The maximum Gasteiger partial charge on any atom is 0.389 e. The highest BCUT2D eigenvalue weighted by Crippen LogP contribution is 2.08. The molecule has 2 N–H and O–H groups in total. The molecule has 1 aromatic heterocycles. The highest BCUT2D eigenvalue weighted by Gasteiger charge is 2.24. The number of nitrogens with one attached hydrogen (secondary N) is 1. The van der Waals surface area contributed by atoms with Crippen molar-refractivity contribution in [1.82, 2.24) is 15.1 Å². The molecule has 0 aliphatic heterocycles. The first-order chi connectivity index (χ1) is 8.40. The van der Waals surface area contributed by atoms with Gasteiger partial charge in [0.15, 0.2) is 0 Å². The lowest BCUT2D eigenvalue weighted by Gasteiger charge is -2.26. The van der Waals surface area contributed by atoms with E-state index in [-0.39, 0.29) is 24.9 Å². The van der Waals surface area contributed by atoms with Gasteiger partial charge in [-0.2, -0.15) is 4.68 Å². The number of hydrogen-bond donors (Lipinski definition) is 2. The average molecular weight is 256 g/mol. The first-order valence-corrected chi connectivity index (χ1v) is 5.50. The second-order valence-corrected chi connectivity index (χ2v) is 4.25. The van der Waals surface area contributed by atoms with Crippen LogP contribution in [0.4, 0.5) is 5.82 Å². The fourth-order valence-electron chi connectivity index (χ4n) is 1.30. The van der Waals surface area contributed by atoms with Crippen molar-refractivity contribution in [3.8, 4) is 0 Å². The third kappa shape index (κ3) is 3.52. The van der Waals surface area contributed by atoms with E-state index in [1.54, 1.807) is 6.92 Å². The zero-order chi connectivity index (χ0) is 13.8. The van der Waals surface area contributed by atoms with Gasteiger partial charge in [0.2, 0.25) is 5.91 Å². The van der Waals surface area contributed by atoms with E-state index in [1.807, 2.05) is 6.92 Å². The Morgan fingerprint density at radius 3 is 2.83 bits per heavy atom. The number of hydrogen-bond acceptors (Lipinski definition) is 5. The molecule has 1 rings (SSSR count). The molecule has 8 heteroatoms. The van der Waals surface area contributed by atoms with Crippen molar-refractivity contribution < 1.29 is 14.8 Å². The summed E-state index contributed by atoms with van der Waals surface area (Å²) in [5.41, 5.74) is -0.684. The van der Waals surface area contributed by atoms with Crippen LogP contribution in [-0.4, -0.2) is 37.9 Å². The van der Waals surface area contributed by atoms with E-state index < -0.39 is 10.5 Å². The predicted octanol–water partition coefficient (Wildman–Crippen LogP) is 0.0685. The summed E-state index contributed by atoms with van der Waals surface area (Å²) in [4.78, 5) is 21.5. The van der Waals surface area contributed by atoms with E-state index in [1.165, 1.54) is 16.9 Å². The summed E-state index contributed by atoms with van der Waals surface area (Å²) < 4.78 is 1.18. The van der Waals surface area contributed by atoms with Crippen molar-refractivity contribution in [2.75, 3.05) is 6.61 Å². The maximum atomic E-state index is 11.7. The predicted molar refractivity (Wildman–Crippen MR) is 62.8 cm³/mol. The summed E-state index contributed by atoms with van der Waals surface area (Å²) in [6, 6.07) is 1.22. The number of aliphatic hydroxyl groups excluding tert-OH is 1. The number of nitro groups is 1. The molecule has 0 saturated heterocycles. The van der Waals surface area contributed by atoms with Crippen LogP contribution >= 0.6 is 0 Å². The van der Waals surface area contributed by atoms with Gasteiger partial charge in [-0.3, -0.25) is 4.79 Å². The van der Waals surface area contributed by atoms with Gasteiger partial charge in [-0.25, -0.2) is 0 Å². The smallest absolute Gasteiger partial charge is 0.389 e. The molecule has 8 nitrogen and oxygen atoms in total. The Labute approximate surface area is 104 Å². The van der Waals surface area contributed by atoms with Gasteiger partial charge in [0.05, 0.1) is 29.5 Å². The molecule has 0 radical (unpaired) electrons. The Balaban J connectivity index is 2.61. The minimum absolute atomic E-state index is 0.122. The lowest BCUT2D eigenvalue weighted by atomic mass is 10.0. The van der Waals surface area contributed by atoms with Crippen molar-refractivity contribution in [1.29, 1.82) is 0 Å². The van der Waals surface area contributed by atoms with E-state index in [2.05, 4.69) is 10.4 Å². The van der Waals surface area contributed by atoms with Crippen LogP contribution in [0.1, 0.15) is 20.3 Å². The van der Waals surface area contributed by atoms with Crippen molar-refractivity contribution >= 4 is 11.7 Å². The van der Waals surface area contributed by atoms with Crippen LogP contribution < -0.4 is 5.32 Å². The average Bonchev–Trinajstić information content (AvgIpc) is 2.77. The van der Waals surface area contributed by atoms with Gasteiger partial charge in [-0.05, 0) is 18.3 Å². The Bertz CT molecular complexity index is 439. The SMILES string of the molecule is CCC(C)(CO)NC(=O)Cn1ccc([N+](=O)[O-])n1. The monoisotopic (exact) mass is 256 g/mol. The molecule has 1 heterocycles. The van der Waals surface area contributed by atoms with Crippen LogP contribution in [0, 0.1) is 10.1 Å². The molecule has 0 aliphatic rings. The molecule has 1 atom stereocenters. The minimum Gasteiger partial charge on any atom is -0.394 e. The molecule has 0 aliphatic carbocycles. The van der Waals surface area contributed by atoms with Gasteiger partial charge in [-0.15, -0.1) is 0 Å². The zero-order valence-electron chi connectivity index (χ0n) is 10.3.